The maximum absolute atomic E-state index is 13.5. The molecule has 4 rings (SSSR count). The molecule has 0 radical (unpaired) electrons. The summed E-state index contributed by atoms with van der Waals surface area (Å²) < 4.78 is 20.4. The van der Waals surface area contributed by atoms with Crippen molar-refractivity contribution >= 4 is 29.2 Å². The van der Waals surface area contributed by atoms with E-state index in [1.165, 1.54) is 22.9 Å². The van der Waals surface area contributed by atoms with Gasteiger partial charge in [0.1, 0.15) is 5.82 Å². The predicted molar refractivity (Wildman–Crippen MR) is 110 cm³/mol. The van der Waals surface area contributed by atoms with Crippen LogP contribution in [-0.2, 0) is 0 Å². The molecule has 0 spiro atoms. The summed E-state index contributed by atoms with van der Waals surface area (Å²) in [5, 5.41) is 5.28. The first kappa shape index (κ1) is 19.2. The molecule has 29 heavy (non-hydrogen) atoms. The first-order valence-electron chi connectivity index (χ1n) is 8.60. The van der Waals surface area contributed by atoms with Crippen LogP contribution >= 0.6 is 23.2 Å². The number of halogens is 3. The molecule has 1 aromatic heterocycles. The second-order valence-electron chi connectivity index (χ2n) is 6.14. The van der Waals surface area contributed by atoms with Crippen LogP contribution in [0.5, 0.6) is 5.88 Å². The van der Waals surface area contributed by atoms with Crippen molar-refractivity contribution in [2.75, 3.05) is 0 Å². The summed E-state index contributed by atoms with van der Waals surface area (Å²) in [4.78, 5) is 12.5. The van der Waals surface area contributed by atoms with Crippen molar-refractivity contribution in [1.82, 2.24) is 9.78 Å². The second-order valence-corrected chi connectivity index (χ2v) is 6.96. The summed E-state index contributed by atoms with van der Waals surface area (Å²) >= 11 is 12.1. The van der Waals surface area contributed by atoms with Gasteiger partial charge in [0, 0.05) is 11.6 Å². The van der Waals surface area contributed by atoms with E-state index in [0.717, 1.165) is 11.6 Å². The molecule has 0 N–H and O–H groups in total. The Kier molecular flexibility index (Phi) is 5.34. The third kappa shape index (κ3) is 4.16. The summed E-state index contributed by atoms with van der Waals surface area (Å²) in [6.07, 6.45) is 0. The molecule has 0 aliphatic heterocycles. The lowest BCUT2D eigenvalue weighted by Gasteiger charge is -2.09. The van der Waals surface area contributed by atoms with E-state index in [2.05, 4.69) is 5.10 Å². The van der Waals surface area contributed by atoms with Gasteiger partial charge in [-0.05, 0) is 36.4 Å². The molecular weight excluding hydrogens is 414 g/mol. The van der Waals surface area contributed by atoms with Gasteiger partial charge in [-0.25, -0.2) is 9.18 Å². The highest BCUT2D eigenvalue weighted by Crippen LogP contribution is 2.30. The fraction of sp³-hybridized carbons (Fsp3) is 0. The molecule has 0 saturated carbocycles. The standard InChI is InChI=1S/C22H13Cl2FN2O2/c23-18-10-9-17(12-19(18)24)27-21(13-20(26-27)14-5-2-1-3-6-14)29-22(28)15-7-4-8-16(25)11-15/h1-13H. The van der Waals surface area contributed by atoms with Crippen molar-refractivity contribution < 1.29 is 13.9 Å². The Morgan fingerprint density at radius 1 is 0.897 bits per heavy atom. The Labute approximate surface area is 176 Å². The molecule has 1 heterocycles. The quantitative estimate of drug-likeness (QED) is 0.364. The SMILES string of the molecule is O=C(Oc1cc(-c2ccccc2)nn1-c1ccc(Cl)c(Cl)c1)c1cccc(F)c1. The van der Waals surface area contributed by atoms with Crippen LogP contribution in [0.2, 0.25) is 10.0 Å². The lowest BCUT2D eigenvalue weighted by molar-refractivity contribution is 0.0722. The average molecular weight is 427 g/mol. The predicted octanol–water partition coefficient (Wildman–Crippen LogP) is 6.20. The zero-order valence-corrected chi connectivity index (χ0v) is 16.4. The third-order valence-corrected chi connectivity index (χ3v) is 4.89. The molecular formula is C22H13Cl2FN2O2. The molecule has 0 bridgehead atoms. The second kappa shape index (κ2) is 8.07. The summed E-state index contributed by atoms with van der Waals surface area (Å²) in [5.74, 6) is -1.07. The lowest BCUT2D eigenvalue weighted by Crippen LogP contribution is -2.12. The smallest absolute Gasteiger partial charge is 0.344 e. The maximum atomic E-state index is 13.5. The van der Waals surface area contributed by atoms with Crippen molar-refractivity contribution in [1.29, 1.82) is 0 Å². The van der Waals surface area contributed by atoms with Crippen LogP contribution < -0.4 is 4.74 Å². The van der Waals surface area contributed by atoms with Crippen molar-refractivity contribution in [3.8, 4) is 22.8 Å². The molecule has 0 unspecified atom stereocenters. The molecule has 0 saturated heterocycles. The van der Waals surface area contributed by atoms with Gasteiger partial charge in [-0.3, -0.25) is 0 Å². The van der Waals surface area contributed by atoms with E-state index in [-0.39, 0.29) is 11.4 Å². The molecule has 0 atom stereocenters. The molecule has 0 fully saturated rings. The summed E-state index contributed by atoms with van der Waals surface area (Å²) in [7, 11) is 0. The van der Waals surface area contributed by atoms with E-state index < -0.39 is 11.8 Å². The highest BCUT2D eigenvalue weighted by Gasteiger charge is 2.18. The fourth-order valence-electron chi connectivity index (χ4n) is 2.76. The van der Waals surface area contributed by atoms with E-state index in [1.54, 1.807) is 24.3 Å². The van der Waals surface area contributed by atoms with Gasteiger partial charge >= 0.3 is 5.97 Å². The van der Waals surface area contributed by atoms with Gasteiger partial charge in [0.25, 0.3) is 0 Å². The van der Waals surface area contributed by atoms with Gasteiger partial charge in [-0.15, -0.1) is 0 Å². The van der Waals surface area contributed by atoms with Crippen LogP contribution in [-0.4, -0.2) is 15.7 Å². The number of carbonyl (C=O) groups excluding carboxylic acids is 1. The van der Waals surface area contributed by atoms with E-state index in [4.69, 9.17) is 27.9 Å². The summed E-state index contributed by atoms with van der Waals surface area (Å²) in [6.45, 7) is 0. The number of nitrogens with zero attached hydrogens (tertiary/aromatic N) is 2. The highest BCUT2D eigenvalue weighted by atomic mass is 35.5. The number of hydrogen-bond acceptors (Lipinski definition) is 3. The van der Waals surface area contributed by atoms with Crippen molar-refractivity contribution in [3.05, 3.63) is 100 Å². The van der Waals surface area contributed by atoms with Crippen molar-refractivity contribution in [2.45, 2.75) is 0 Å². The Balaban J connectivity index is 1.77. The minimum absolute atomic E-state index is 0.0909. The number of ether oxygens (including phenoxy) is 1. The summed E-state index contributed by atoms with van der Waals surface area (Å²) in [6, 6.07) is 21.3. The van der Waals surface area contributed by atoms with Crippen molar-refractivity contribution in [2.24, 2.45) is 0 Å². The van der Waals surface area contributed by atoms with E-state index >= 15 is 0 Å². The Bertz CT molecular complexity index is 1190. The maximum Gasteiger partial charge on any atom is 0.344 e. The summed E-state index contributed by atoms with van der Waals surface area (Å²) in [5.41, 5.74) is 2.09. The topological polar surface area (TPSA) is 44.1 Å². The Hall–Kier alpha value is -3.15. The van der Waals surface area contributed by atoms with Gasteiger partial charge in [0.05, 0.1) is 27.0 Å². The van der Waals surface area contributed by atoms with Gasteiger partial charge in [-0.2, -0.15) is 9.78 Å². The zero-order valence-electron chi connectivity index (χ0n) is 14.9. The third-order valence-electron chi connectivity index (χ3n) is 4.15. The van der Waals surface area contributed by atoms with Crippen LogP contribution in [0.1, 0.15) is 10.4 Å². The number of aromatic nitrogens is 2. The van der Waals surface area contributed by atoms with E-state index in [9.17, 15) is 9.18 Å². The van der Waals surface area contributed by atoms with Crippen LogP contribution in [0.4, 0.5) is 4.39 Å². The molecule has 144 valence electrons. The number of benzene rings is 3. The highest BCUT2D eigenvalue weighted by molar-refractivity contribution is 6.42. The van der Waals surface area contributed by atoms with Crippen LogP contribution in [0.25, 0.3) is 16.9 Å². The molecule has 3 aromatic carbocycles. The van der Waals surface area contributed by atoms with Gasteiger partial charge in [0.2, 0.25) is 5.88 Å². The molecule has 0 aliphatic carbocycles. The van der Waals surface area contributed by atoms with Gasteiger partial charge in [-0.1, -0.05) is 59.6 Å². The monoisotopic (exact) mass is 426 g/mol. The first-order chi connectivity index (χ1) is 14.0. The molecule has 4 nitrogen and oxygen atoms in total. The van der Waals surface area contributed by atoms with Crippen LogP contribution in [0, 0.1) is 5.82 Å². The van der Waals surface area contributed by atoms with Crippen molar-refractivity contribution in [3.63, 3.8) is 0 Å². The number of rotatable bonds is 4. The lowest BCUT2D eigenvalue weighted by atomic mass is 10.2. The minimum atomic E-state index is -0.703. The number of esters is 1. The Morgan fingerprint density at radius 3 is 2.41 bits per heavy atom. The Morgan fingerprint density at radius 2 is 1.69 bits per heavy atom. The molecule has 0 amide bonds. The van der Waals surface area contributed by atoms with Crippen LogP contribution in [0.15, 0.2) is 78.9 Å². The van der Waals surface area contributed by atoms with Crippen LogP contribution in [0.3, 0.4) is 0 Å². The van der Waals surface area contributed by atoms with Gasteiger partial charge < -0.3 is 4.74 Å². The average Bonchev–Trinajstić information content (AvgIpc) is 3.14. The normalized spacial score (nSPS) is 10.7. The first-order valence-corrected chi connectivity index (χ1v) is 9.35. The van der Waals surface area contributed by atoms with E-state index in [1.807, 2.05) is 30.3 Å². The molecule has 7 heteroatoms. The van der Waals surface area contributed by atoms with Gasteiger partial charge in [0.15, 0.2) is 0 Å². The minimum Gasteiger partial charge on any atom is -0.404 e. The number of hydrogen-bond donors (Lipinski definition) is 0. The fourth-order valence-corrected chi connectivity index (χ4v) is 3.05. The largest absolute Gasteiger partial charge is 0.404 e. The molecule has 4 aromatic rings. The number of carbonyl (C=O) groups is 1. The molecule has 0 aliphatic rings. The zero-order chi connectivity index (χ0) is 20.4. The van der Waals surface area contributed by atoms with E-state index in [0.29, 0.717) is 21.4 Å².